The number of nitrogen functional groups attached to an aromatic ring is 1. The highest BCUT2D eigenvalue weighted by Crippen LogP contribution is 2.23. The van der Waals surface area contributed by atoms with Gasteiger partial charge in [0.1, 0.15) is 11.6 Å². The summed E-state index contributed by atoms with van der Waals surface area (Å²) in [5.74, 6) is 1.22. The van der Waals surface area contributed by atoms with Crippen LogP contribution in [0.5, 0.6) is 5.75 Å². The number of carbonyl (C=O) groups excluding carboxylic acids is 1. The Hall–Kier alpha value is -2.50. The SMILES string of the molecule is COc1cc(C(=O)N(C)Cc2nccn2C)ccc1N. The Morgan fingerprint density at radius 3 is 2.85 bits per heavy atom. The summed E-state index contributed by atoms with van der Waals surface area (Å²) < 4.78 is 7.01. The third-order valence-corrected chi connectivity index (χ3v) is 3.13. The van der Waals surface area contributed by atoms with Gasteiger partial charge in [-0.3, -0.25) is 4.79 Å². The molecule has 0 saturated heterocycles. The van der Waals surface area contributed by atoms with E-state index in [0.717, 1.165) is 5.82 Å². The lowest BCUT2D eigenvalue weighted by atomic mass is 10.1. The van der Waals surface area contributed by atoms with E-state index in [1.807, 2.05) is 17.8 Å². The van der Waals surface area contributed by atoms with Crippen LogP contribution in [0.25, 0.3) is 0 Å². The molecule has 0 radical (unpaired) electrons. The van der Waals surface area contributed by atoms with Crippen LogP contribution < -0.4 is 10.5 Å². The smallest absolute Gasteiger partial charge is 0.254 e. The van der Waals surface area contributed by atoms with Gasteiger partial charge in [0, 0.05) is 32.1 Å². The second-order valence-corrected chi connectivity index (χ2v) is 4.57. The van der Waals surface area contributed by atoms with Crippen LogP contribution in [0.4, 0.5) is 5.69 Å². The first-order valence-electron chi connectivity index (χ1n) is 6.18. The van der Waals surface area contributed by atoms with Crippen molar-refractivity contribution in [1.29, 1.82) is 0 Å². The number of methoxy groups -OCH3 is 1. The number of rotatable bonds is 4. The summed E-state index contributed by atoms with van der Waals surface area (Å²) in [4.78, 5) is 18.2. The molecule has 0 aliphatic carbocycles. The van der Waals surface area contributed by atoms with Crippen LogP contribution >= 0.6 is 0 Å². The average molecular weight is 274 g/mol. The number of imidazole rings is 1. The first-order valence-corrected chi connectivity index (χ1v) is 6.18. The number of nitrogens with zero attached hydrogens (tertiary/aromatic N) is 3. The third-order valence-electron chi connectivity index (χ3n) is 3.13. The van der Waals surface area contributed by atoms with Gasteiger partial charge in [-0.2, -0.15) is 0 Å². The lowest BCUT2D eigenvalue weighted by Gasteiger charge is -2.17. The number of anilines is 1. The molecule has 0 aliphatic heterocycles. The highest BCUT2D eigenvalue weighted by atomic mass is 16.5. The van der Waals surface area contributed by atoms with Crippen LogP contribution in [0.15, 0.2) is 30.6 Å². The van der Waals surface area contributed by atoms with Gasteiger partial charge in [0.25, 0.3) is 5.91 Å². The van der Waals surface area contributed by atoms with Gasteiger partial charge in [0.05, 0.1) is 19.3 Å². The lowest BCUT2D eigenvalue weighted by molar-refractivity contribution is 0.0780. The van der Waals surface area contributed by atoms with Crippen molar-refractivity contribution < 1.29 is 9.53 Å². The first kappa shape index (κ1) is 13.9. The molecule has 0 atom stereocenters. The first-order chi connectivity index (χ1) is 9.52. The zero-order chi connectivity index (χ0) is 14.7. The van der Waals surface area contributed by atoms with E-state index in [-0.39, 0.29) is 5.91 Å². The average Bonchev–Trinajstić information content (AvgIpc) is 2.84. The van der Waals surface area contributed by atoms with Crippen LogP contribution in [-0.2, 0) is 13.6 Å². The third kappa shape index (κ3) is 2.74. The molecular formula is C14H18N4O2. The van der Waals surface area contributed by atoms with Crippen molar-refractivity contribution in [3.05, 3.63) is 42.0 Å². The van der Waals surface area contributed by atoms with Gasteiger partial charge in [-0.25, -0.2) is 4.98 Å². The summed E-state index contributed by atoms with van der Waals surface area (Å²) in [6.07, 6.45) is 3.56. The van der Waals surface area contributed by atoms with E-state index in [2.05, 4.69) is 4.98 Å². The van der Waals surface area contributed by atoms with Crippen molar-refractivity contribution in [3.63, 3.8) is 0 Å². The topological polar surface area (TPSA) is 73.4 Å². The molecule has 0 spiro atoms. The number of amides is 1. The molecule has 0 saturated carbocycles. The summed E-state index contributed by atoms with van der Waals surface area (Å²) in [5.41, 5.74) is 6.79. The summed E-state index contributed by atoms with van der Waals surface area (Å²) in [5, 5.41) is 0. The molecule has 6 heteroatoms. The van der Waals surface area contributed by atoms with Crippen molar-refractivity contribution in [2.45, 2.75) is 6.54 Å². The molecule has 1 heterocycles. The van der Waals surface area contributed by atoms with Gasteiger partial charge >= 0.3 is 0 Å². The van der Waals surface area contributed by atoms with Crippen molar-refractivity contribution in [1.82, 2.24) is 14.5 Å². The van der Waals surface area contributed by atoms with E-state index >= 15 is 0 Å². The van der Waals surface area contributed by atoms with Crippen LogP contribution in [0.3, 0.4) is 0 Å². The second kappa shape index (κ2) is 5.64. The molecule has 2 N–H and O–H groups in total. The summed E-state index contributed by atoms with van der Waals surface area (Å²) in [6, 6.07) is 5.00. The maximum absolute atomic E-state index is 12.4. The molecule has 0 fully saturated rings. The molecule has 106 valence electrons. The quantitative estimate of drug-likeness (QED) is 0.852. The second-order valence-electron chi connectivity index (χ2n) is 4.57. The number of carbonyl (C=O) groups is 1. The van der Waals surface area contributed by atoms with Crippen molar-refractivity contribution in [2.24, 2.45) is 7.05 Å². The Kier molecular flexibility index (Phi) is 3.93. The van der Waals surface area contributed by atoms with Gasteiger partial charge in [-0.05, 0) is 18.2 Å². The van der Waals surface area contributed by atoms with Crippen molar-refractivity contribution in [2.75, 3.05) is 19.9 Å². The van der Waals surface area contributed by atoms with Crippen LogP contribution in [0.1, 0.15) is 16.2 Å². The minimum Gasteiger partial charge on any atom is -0.495 e. The van der Waals surface area contributed by atoms with E-state index in [1.54, 1.807) is 36.3 Å². The van der Waals surface area contributed by atoms with E-state index in [9.17, 15) is 4.79 Å². The largest absolute Gasteiger partial charge is 0.495 e. The lowest BCUT2D eigenvalue weighted by Crippen LogP contribution is -2.27. The van der Waals surface area contributed by atoms with Crippen molar-refractivity contribution >= 4 is 11.6 Å². The Balaban J connectivity index is 2.16. The number of nitrogens with two attached hydrogens (primary N) is 1. The number of benzene rings is 1. The van der Waals surface area contributed by atoms with Gasteiger partial charge in [0.15, 0.2) is 0 Å². The number of aromatic nitrogens is 2. The van der Waals surface area contributed by atoms with E-state index in [4.69, 9.17) is 10.5 Å². The normalized spacial score (nSPS) is 10.3. The number of hydrogen-bond acceptors (Lipinski definition) is 4. The van der Waals surface area contributed by atoms with E-state index in [1.165, 1.54) is 7.11 Å². The fraction of sp³-hybridized carbons (Fsp3) is 0.286. The Morgan fingerprint density at radius 2 is 2.25 bits per heavy atom. The summed E-state index contributed by atoms with van der Waals surface area (Å²) in [6.45, 7) is 0.440. The van der Waals surface area contributed by atoms with Gasteiger partial charge < -0.3 is 19.9 Å². The van der Waals surface area contributed by atoms with Crippen LogP contribution in [0, 0.1) is 0 Å². The fourth-order valence-corrected chi connectivity index (χ4v) is 1.90. The minimum atomic E-state index is -0.105. The van der Waals surface area contributed by atoms with Gasteiger partial charge in [0.2, 0.25) is 0 Å². The molecule has 0 unspecified atom stereocenters. The minimum absolute atomic E-state index is 0.105. The standard InChI is InChI=1S/C14H18N4O2/c1-17-7-6-16-13(17)9-18(2)14(19)10-4-5-11(15)12(8-10)20-3/h4-8H,9,15H2,1-3H3. The van der Waals surface area contributed by atoms with Crippen LogP contribution in [-0.4, -0.2) is 34.5 Å². The summed E-state index contributed by atoms with van der Waals surface area (Å²) >= 11 is 0. The number of hydrogen-bond donors (Lipinski definition) is 1. The summed E-state index contributed by atoms with van der Waals surface area (Å²) in [7, 11) is 5.16. The predicted octanol–water partition coefficient (Wildman–Crippen LogP) is 1.28. The van der Waals surface area contributed by atoms with E-state index in [0.29, 0.717) is 23.5 Å². The monoisotopic (exact) mass is 274 g/mol. The Bertz CT molecular complexity index is 621. The molecule has 2 rings (SSSR count). The molecule has 6 nitrogen and oxygen atoms in total. The predicted molar refractivity (Wildman–Crippen MR) is 76.4 cm³/mol. The van der Waals surface area contributed by atoms with E-state index < -0.39 is 0 Å². The molecular weight excluding hydrogens is 256 g/mol. The van der Waals surface area contributed by atoms with Crippen LogP contribution in [0.2, 0.25) is 0 Å². The molecule has 1 aromatic carbocycles. The Morgan fingerprint density at radius 1 is 1.50 bits per heavy atom. The van der Waals surface area contributed by atoms with Gasteiger partial charge in [-0.1, -0.05) is 0 Å². The maximum atomic E-state index is 12.4. The molecule has 2 aromatic rings. The molecule has 1 aromatic heterocycles. The molecule has 20 heavy (non-hydrogen) atoms. The Labute approximate surface area is 117 Å². The number of ether oxygens (including phenoxy) is 1. The van der Waals surface area contributed by atoms with Crippen molar-refractivity contribution in [3.8, 4) is 5.75 Å². The zero-order valence-electron chi connectivity index (χ0n) is 11.8. The zero-order valence-corrected chi connectivity index (χ0v) is 11.8. The molecule has 0 aliphatic rings. The number of aryl methyl sites for hydroxylation is 1. The fourth-order valence-electron chi connectivity index (χ4n) is 1.90. The van der Waals surface area contributed by atoms with Gasteiger partial charge in [-0.15, -0.1) is 0 Å². The molecule has 0 bridgehead atoms. The highest BCUT2D eigenvalue weighted by molar-refractivity contribution is 5.95. The highest BCUT2D eigenvalue weighted by Gasteiger charge is 2.15. The maximum Gasteiger partial charge on any atom is 0.254 e. The molecule has 1 amide bonds.